The molecule has 1 aromatic heterocycles. The van der Waals surface area contributed by atoms with Gasteiger partial charge in [0, 0.05) is 21.7 Å². The summed E-state index contributed by atoms with van der Waals surface area (Å²) in [6, 6.07) is 7.04. The maximum Gasteiger partial charge on any atom is 0.209 e. The highest BCUT2D eigenvalue weighted by Crippen LogP contribution is 2.21. The number of benzene rings is 1. The van der Waals surface area contributed by atoms with Gasteiger partial charge in [-0.15, -0.1) is 0 Å². The van der Waals surface area contributed by atoms with Gasteiger partial charge in [0.2, 0.25) is 5.88 Å². The molecule has 0 radical (unpaired) electrons. The first-order chi connectivity index (χ1) is 7.25. The molecule has 1 aromatic carbocycles. The molecule has 0 fully saturated rings. The van der Waals surface area contributed by atoms with E-state index in [1.54, 1.807) is 24.4 Å². The third-order valence-electron chi connectivity index (χ3n) is 1.87. The summed E-state index contributed by atoms with van der Waals surface area (Å²) in [5, 5.41) is 7.68. The maximum absolute atomic E-state index is 5.98. The average molecular weight is 243 g/mol. The quantitative estimate of drug-likeness (QED) is 0.897. The number of aromatic nitrogens is 2. The zero-order valence-electron chi connectivity index (χ0n) is 7.71. The van der Waals surface area contributed by atoms with Gasteiger partial charge in [0.15, 0.2) is 0 Å². The van der Waals surface area contributed by atoms with E-state index in [1.165, 1.54) is 0 Å². The summed E-state index contributed by atoms with van der Waals surface area (Å²) in [6.45, 7) is 0.387. The van der Waals surface area contributed by atoms with Gasteiger partial charge in [-0.25, -0.2) is 5.10 Å². The van der Waals surface area contributed by atoms with Crippen molar-refractivity contribution in [2.75, 3.05) is 0 Å². The molecule has 3 nitrogen and oxygen atoms in total. The van der Waals surface area contributed by atoms with Crippen LogP contribution in [0.25, 0.3) is 0 Å². The van der Waals surface area contributed by atoms with Gasteiger partial charge < -0.3 is 4.74 Å². The highest BCUT2D eigenvalue weighted by atomic mass is 35.5. The summed E-state index contributed by atoms with van der Waals surface area (Å²) in [6.07, 6.45) is 1.62. The van der Waals surface area contributed by atoms with Crippen LogP contribution in [0.2, 0.25) is 10.0 Å². The molecule has 0 unspecified atom stereocenters. The van der Waals surface area contributed by atoms with Crippen LogP contribution in [0, 0.1) is 0 Å². The summed E-state index contributed by atoms with van der Waals surface area (Å²) >= 11 is 11.8. The van der Waals surface area contributed by atoms with E-state index in [0.29, 0.717) is 22.5 Å². The van der Waals surface area contributed by atoms with Crippen molar-refractivity contribution in [3.63, 3.8) is 0 Å². The predicted octanol–water partition coefficient (Wildman–Crippen LogP) is 3.30. The van der Waals surface area contributed by atoms with Crippen LogP contribution in [0.5, 0.6) is 5.88 Å². The van der Waals surface area contributed by atoms with Crippen molar-refractivity contribution >= 4 is 23.2 Å². The lowest BCUT2D eigenvalue weighted by molar-refractivity contribution is 0.293. The third kappa shape index (κ3) is 2.64. The normalized spacial score (nSPS) is 10.3. The lowest BCUT2D eigenvalue weighted by Crippen LogP contribution is -1.96. The van der Waals surface area contributed by atoms with E-state index in [2.05, 4.69) is 10.2 Å². The van der Waals surface area contributed by atoms with E-state index in [-0.39, 0.29) is 0 Å². The molecule has 78 valence electrons. The second-order valence-electron chi connectivity index (χ2n) is 2.95. The van der Waals surface area contributed by atoms with Crippen molar-refractivity contribution in [2.24, 2.45) is 0 Å². The minimum absolute atomic E-state index is 0.387. The van der Waals surface area contributed by atoms with Crippen molar-refractivity contribution in [3.05, 3.63) is 46.1 Å². The van der Waals surface area contributed by atoms with E-state index < -0.39 is 0 Å². The molecular weight excluding hydrogens is 235 g/mol. The molecule has 2 rings (SSSR count). The minimum Gasteiger partial charge on any atom is -0.473 e. The molecule has 15 heavy (non-hydrogen) atoms. The standard InChI is InChI=1S/C10H8Cl2N2O/c11-8-2-1-7(9(12)5-8)6-15-10-3-4-13-14-10/h1-5H,6H2,(H,13,14). The van der Waals surface area contributed by atoms with Crippen LogP contribution < -0.4 is 4.74 Å². The average Bonchev–Trinajstić information content (AvgIpc) is 2.69. The zero-order chi connectivity index (χ0) is 10.7. The van der Waals surface area contributed by atoms with Crippen LogP contribution in [0.4, 0.5) is 0 Å². The molecule has 1 heterocycles. The van der Waals surface area contributed by atoms with Gasteiger partial charge >= 0.3 is 0 Å². The van der Waals surface area contributed by atoms with Crippen LogP contribution >= 0.6 is 23.2 Å². The third-order valence-corrected chi connectivity index (χ3v) is 2.46. The second-order valence-corrected chi connectivity index (χ2v) is 3.79. The molecular formula is C10H8Cl2N2O. The van der Waals surface area contributed by atoms with Gasteiger partial charge in [0.25, 0.3) is 0 Å². The molecule has 0 aliphatic heterocycles. The smallest absolute Gasteiger partial charge is 0.209 e. The van der Waals surface area contributed by atoms with Crippen LogP contribution in [0.15, 0.2) is 30.5 Å². The number of ether oxygens (including phenoxy) is 1. The van der Waals surface area contributed by atoms with Gasteiger partial charge in [-0.1, -0.05) is 29.3 Å². The molecule has 0 aliphatic rings. The van der Waals surface area contributed by atoms with Crippen molar-refractivity contribution in [2.45, 2.75) is 6.61 Å². The molecule has 0 spiro atoms. The number of rotatable bonds is 3. The molecule has 0 saturated carbocycles. The molecule has 1 N–H and O–H groups in total. The fourth-order valence-electron chi connectivity index (χ4n) is 1.12. The fraction of sp³-hybridized carbons (Fsp3) is 0.100. The van der Waals surface area contributed by atoms with E-state index in [4.69, 9.17) is 27.9 Å². The Kier molecular flexibility index (Phi) is 3.14. The fourth-order valence-corrected chi connectivity index (χ4v) is 1.58. The number of nitrogens with zero attached hydrogens (tertiary/aromatic N) is 1. The number of hydrogen-bond donors (Lipinski definition) is 1. The molecule has 0 bridgehead atoms. The molecule has 0 saturated heterocycles. The highest BCUT2D eigenvalue weighted by molar-refractivity contribution is 6.35. The molecule has 0 atom stereocenters. The summed E-state index contributed by atoms with van der Waals surface area (Å²) < 4.78 is 5.41. The first-order valence-corrected chi connectivity index (χ1v) is 5.07. The number of H-pyrrole nitrogens is 1. The second kappa shape index (κ2) is 4.55. The maximum atomic E-state index is 5.98. The monoisotopic (exact) mass is 242 g/mol. The van der Waals surface area contributed by atoms with Crippen molar-refractivity contribution in [1.29, 1.82) is 0 Å². The summed E-state index contributed by atoms with van der Waals surface area (Å²) in [7, 11) is 0. The van der Waals surface area contributed by atoms with Gasteiger partial charge in [-0.2, -0.15) is 5.10 Å². The Morgan fingerprint density at radius 2 is 2.13 bits per heavy atom. The molecule has 0 aliphatic carbocycles. The van der Waals surface area contributed by atoms with Crippen LogP contribution in [0.3, 0.4) is 0 Å². The van der Waals surface area contributed by atoms with Crippen molar-refractivity contribution in [1.82, 2.24) is 10.2 Å². The Bertz CT molecular complexity index is 443. The topological polar surface area (TPSA) is 37.9 Å². The van der Waals surface area contributed by atoms with E-state index >= 15 is 0 Å². The molecule has 5 heteroatoms. The Hall–Kier alpha value is -1.19. The first kappa shape index (κ1) is 10.3. The Morgan fingerprint density at radius 3 is 2.80 bits per heavy atom. The number of hydrogen-bond acceptors (Lipinski definition) is 2. The van der Waals surface area contributed by atoms with Crippen LogP contribution in [-0.4, -0.2) is 10.2 Å². The first-order valence-electron chi connectivity index (χ1n) is 4.32. The van der Waals surface area contributed by atoms with Crippen LogP contribution in [-0.2, 0) is 6.61 Å². The Balaban J connectivity index is 2.05. The zero-order valence-corrected chi connectivity index (χ0v) is 9.22. The van der Waals surface area contributed by atoms with Crippen molar-refractivity contribution in [3.8, 4) is 5.88 Å². The summed E-state index contributed by atoms with van der Waals surface area (Å²) in [5.41, 5.74) is 0.885. The number of halogens is 2. The lowest BCUT2D eigenvalue weighted by atomic mass is 10.2. The molecule has 2 aromatic rings. The van der Waals surface area contributed by atoms with Gasteiger partial charge in [0.1, 0.15) is 6.61 Å². The number of nitrogens with one attached hydrogen (secondary N) is 1. The van der Waals surface area contributed by atoms with E-state index in [0.717, 1.165) is 5.56 Å². The van der Waals surface area contributed by atoms with E-state index in [9.17, 15) is 0 Å². The van der Waals surface area contributed by atoms with Crippen LogP contribution in [0.1, 0.15) is 5.56 Å². The largest absolute Gasteiger partial charge is 0.473 e. The summed E-state index contributed by atoms with van der Waals surface area (Å²) in [4.78, 5) is 0. The van der Waals surface area contributed by atoms with Crippen molar-refractivity contribution < 1.29 is 4.74 Å². The predicted molar refractivity (Wildman–Crippen MR) is 59.4 cm³/mol. The molecule has 0 amide bonds. The van der Waals surface area contributed by atoms with Gasteiger partial charge in [0.05, 0.1) is 6.20 Å². The SMILES string of the molecule is Clc1ccc(COc2ccn[nH]2)c(Cl)c1. The Morgan fingerprint density at radius 1 is 1.27 bits per heavy atom. The summed E-state index contributed by atoms with van der Waals surface area (Å²) in [5.74, 6) is 0.612. The minimum atomic E-state index is 0.387. The highest BCUT2D eigenvalue weighted by Gasteiger charge is 2.02. The lowest BCUT2D eigenvalue weighted by Gasteiger charge is -2.05. The number of aromatic amines is 1. The van der Waals surface area contributed by atoms with Gasteiger partial charge in [-0.3, -0.25) is 0 Å². The van der Waals surface area contributed by atoms with Gasteiger partial charge in [-0.05, 0) is 12.1 Å². The van der Waals surface area contributed by atoms with E-state index in [1.807, 2.05) is 6.07 Å². The Labute approximate surface area is 97.0 Å².